The molecule has 12 nitrogen and oxygen atoms in total. The first-order valence-electron chi connectivity index (χ1n) is 19.5. The second-order valence-electron chi connectivity index (χ2n) is 15.3. The smallest absolute Gasteiger partial charge is 0.407 e. The number of piperidine rings is 1. The van der Waals surface area contributed by atoms with Gasteiger partial charge in [-0.05, 0) is 43.2 Å². The zero-order chi connectivity index (χ0) is 39.5. The highest BCUT2D eigenvalue weighted by molar-refractivity contribution is 7.09. The molecule has 1 saturated carbocycles. The minimum absolute atomic E-state index is 0.113. The van der Waals surface area contributed by atoms with E-state index in [1.807, 2.05) is 66.0 Å². The molecule has 2 unspecified atom stereocenters. The Morgan fingerprint density at radius 2 is 1.59 bits per heavy atom. The molecule has 2 aromatic heterocycles. The van der Waals surface area contributed by atoms with Gasteiger partial charge in [0.05, 0.1) is 27.6 Å². The van der Waals surface area contributed by atoms with Gasteiger partial charge < -0.3 is 30.5 Å². The Balaban J connectivity index is 1.17. The molecule has 3 N–H and O–H groups in total. The summed E-state index contributed by atoms with van der Waals surface area (Å²) in [6.45, 7) is 6.58. The van der Waals surface area contributed by atoms with E-state index in [-0.39, 0.29) is 42.3 Å². The SMILES string of the molecule is CC(C)c1nc(CN(C)C(=O)NC2(C(=O)N[C@H](CC[C@H](Cc3ccccc3)NC(=O)OCc3cncs3)Cc3ccccc3)CC2CN2CCC(=O)CC2)cs1. The number of amides is 4. The number of aromatic nitrogens is 2. The fraction of sp³-hybridized carbons (Fsp3) is 0.476. The summed E-state index contributed by atoms with van der Waals surface area (Å²) in [6, 6.07) is 19.1. The molecule has 0 radical (unpaired) electrons. The maximum atomic E-state index is 14.6. The number of nitrogens with one attached hydrogen (secondary N) is 3. The topological polar surface area (TPSA) is 146 Å². The summed E-state index contributed by atoms with van der Waals surface area (Å²) in [4.78, 5) is 66.9. The van der Waals surface area contributed by atoms with Crippen LogP contribution in [0.5, 0.6) is 0 Å². The van der Waals surface area contributed by atoms with Crippen LogP contribution in [-0.4, -0.2) is 87.9 Å². The lowest BCUT2D eigenvalue weighted by atomic mass is 9.95. The number of ether oxygens (including phenoxy) is 1. The number of carbonyl (C=O) groups is 4. The van der Waals surface area contributed by atoms with Gasteiger partial charge in [-0.15, -0.1) is 22.7 Å². The first-order chi connectivity index (χ1) is 27.1. The van der Waals surface area contributed by atoms with Crippen LogP contribution in [0.3, 0.4) is 0 Å². The number of Topliss-reactive ketones (excluding diaryl/α,β-unsaturated/α-hetero) is 1. The number of ketones is 1. The summed E-state index contributed by atoms with van der Waals surface area (Å²) < 4.78 is 5.54. The van der Waals surface area contributed by atoms with Crippen LogP contribution in [0.2, 0.25) is 0 Å². The third kappa shape index (κ3) is 11.7. The normalized spacial score (nSPS) is 19.2. The molecule has 14 heteroatoms. The van der Waals surface area contributed by atoms with E-state index < -0.39 is 11.6 Å². The van der Waals surface area contributed by atoms with E-state index in [0.717, 1.165) is 26.7 Å². The van der Waals surface area contributed by atoms with Crippen molar-refractivity contribution < 1.29 is 23.9 Å². The van der Waals surface area contributed by atoms with Gasteiger partial charge in [-0.25, -0.2) is 14.6 Å². The summed E-state index contributed by atoms with van der Waals surface area (Å²) in [7, 11) is 1.73. The van der Waals surface area contributed by atoms with E-state index in [1.54, 1.807) is 35.0 Å². The quantitative estimate of drug-likeness (QED) is 0.106. The molecule has 3 heterocycles. The van der Waals surface area contributed by atoms with Gasteiger partial charge in [0, 0.05) is 75.0 Å². The number of urea groups is 1. The highest BCUT2D eigenvalue weighted by Gasteiger charge is 2.61. The minimum atomic E-state index is -1.10. The molecule has 2 aliphatic rings. The van der Waals surface area contributed by atoms with Crippen molar-refractivity contribution in [3.63, 3.8) is 0 Å². The first-order valence-corrected chi connectivity index (χ1v) is 21.2. The number of benzene rings is 2. The molecule has 6 rings (SSSR count). The molecule has 2 aromatic carbocycles. The van der Waals surface area contributed by atoms with Crippen molar-refractivity contribution in [2.24, 2.45) is 5.92 Å². The lowest BCUT2D eigenvalue weighted by Gasteiger charge is -2.30. The molecule has 4 amide bonds. The van der Waals surface area contributed by atoms with E-state index in [0.29, 0.717) is 77.0 Å². The zero-order valence-electron chi connectivity index (χ0n) is 32.4. The molecule has 56 heavy (non-hydrogen) atoms. The van der Waals surface area contributed by atoms with Crippen molar-refractivity contribution in [3.05, 3.63) is 104 Å². The van der Waals surface area contributed by atoms with Gasteiger partial charge in [0.1, 0.15) is 17.9 Å². The van der Waals surface area contributed by atoms with Crippen LogP contribution in [0.4, 0.5) is 9.59 Å². The Morgan fingerprint density at radius 1 is 0.946 bits per heavy atom. The number of carbonyl (C=O) groups excluding carboxylic acids is 4. The Hall–Kier alpha value is -4.66. The van der Waals surface area contributed by atoms with E-state index in [2.05, 4.69) is 39.7 Å². The van der Waals surface area contributed by atoms with Gasteiger partial charge in [0.2, 0.25) is 5.91 Å². The van der Waals surface area contributed by atoms with E-state index >= 15 is 0 Å². The summed E-state index contributed by atoms with van der Waals surface area (Å²) in [5.41, 5.74) is 3.56. The molecular formula is C42H53N7O5S2. The van der Waals surface area contributed by atoms with Gasteiger partial charge in [-0.1, -0.05) is 74.5 Å². The molecule has 298 valence electrons. The van der Waals surface area contributed by atoms with Crippen molar-refractivity contribution in [3.8, 4) is 0 Å². The third-order valence-electron chi connectivity index (χ3n) is 10.5. The summed E-state index contributed by atoms with van der Waals surface area (Å²) in [5, 5.41) is 12.6. The van der Waals surface area contributed by atoms with Crippen LogP contribution in [-0.2, 0) is 40.3 Å². The molecule has 4 aromatic rings. The van der Waals surface area contributed by atoms with E-state index in [4.69, 9.17) is 9.72 Å². The number of nitrogens with zero attached hydrogens (tertiary/aromatic N) is 4. The Morgan fingerprint density at radius 3 is 2.18 bits per heavy atom. The number of hydrogen-bond acceptors (Lipinski definition) is 10. The predicted molar refractivity (Wildman–Crippen MR) is 218 cm³/mol. The van der Waals surface area contributed by atoms with Crippen LogP contribution in [0, 0.1) is 5.92 Å². The van der Waals surface area contributed by atoms with Crippen molar-refractivity contribution in [2.75, 3.05) is 26.7 Å². The van der Waals surface area contributed by atoms with Crippen molar-refractivity contribution in [1.82, 2.24) is 35.7 Å². The number of likely N-dealkylation sites (tertiary alicyclic amines) is 1. The van der Waals surface area contributed by atoms with E-state index in [9.17, 15) is 19.2 Å². The highest BCUT2D eigenvalue weighted by atomic mass is 32.1. The largest absolute Gasteiger partial charge is 0.444 e. The third-order valence-corrected chi connectivity index (χ3v) is 12.5. The number of alkyl carbamates (subject to hydrolysis) is 1. The van der Waals surface area contributed by atoms with Crippen LogP contribution >= 0.6 is 22.7 Å². The highest BCUT2D eigenvalue weighted by Crippen LogP contribution is 2.45. The number of hydrogen-bond donors (Lipinski definition) is 3. The van der Waals surface area contributed by atoms with Gasteiger partial charge in [-0.2, -0.15) is 0 Å². The second-order valence-corrected chi connectivity index (χ2v) is 17.2. The molecule has 2 fully saturated rings. The van der Waals surface area contributed by atoms with Crippen LogP contribution in [0.1, 0.15) is 78.6 Å². The average Bonchev–Trinajstić information content (AvgIpc) is 3.50. The number of thiazole rings is 2. The monoisotopic (exact) mass is 799 g/mol. The second kappa shape index (κ2) is 19.5. The molecule has 0 bridgehead atoms. The molecule has 0 spiro atoms. The average molecular weight is 800 g/mol. The van der Waals surface area contributed by atoms with Gasteiger partial charge in [0.15, 0.2) is 0 Å². The molecule has 1 aliphatic carbocycles. The Labute approximate surface area is 337 Å². The standard InChI is InChI=1S/C42H53N7O5S2/c1-29(2)38-44-35(27-55-38)25-48(3)40(52)47-42(22-32(42)24-49-18-16-36(50)17-19-49)39(51)45-33(20-30-10-6-4-7-11-30)14-15-34(21-31-12-8-5-9-13-31)46-41(53)54-26-37-23-43-28-56-37/h4-13,23,27-29,32-34H,14-22,24-26H2,1-3H3,(H,45,51)(H,46,53)(H,47,52)/t32?,33-,34-,42?/m1/s1. The fourth-order valence-corrected chi connectivity index (χ4v) is 8.55. The summed E-state index contributed by atoms with van der Waals surface area (Å²) in [6.07, 6.45) is 4.99. The van der Waals surface area contributed by atoms with Crippen molar-refractivity contribution >= 4 is 46.5 Å². The fourth-order valence-electron chi connectivity index (χ4n) is 7.22. The molecule has 1 saturated heterocycles. The lowest BCUT2D eigenvalue weighted by molar-refractivity contribution is -0.125. The van der Waals surface area contributed by atoms with Gasteiger partial charge >= 0.3 is 12.1 Å². The summed E-state index contributed by atoms with van der Waals surface area (Å²) in [5.74, 6) is 0.229. The van der Waals surface area contributed by atoms with Crippen LogP contribution < -0.4 is 16.0 Å². The zero-order valence-corrected chi connectivity index (χ0v) is 34.1. The Bertz CT molecular complexity index is 1880. The predicted octanol–water partition coefficient (Wildman–Crippen LogP) is 6.33. The minimum Gasteiger partial charge on any atom is -0.444 e. The summed E-state index contributed by atoms with van der Waals surface area (Å²) >= 11 is 3.01. The van der Waals surface area contributed by atoms with Gasteiger partial charge in [-0.3, -0.25) is 14.6 Å². The molecule has 4 atom stereocenters. The Kier molecular flexibility index (Phi) is 14.2. The van der Waals surface area contributed by atoms with E-state index in [1.165, 1.54) is 11.3 Å². The van der Waals surface area contributed by atoms with Crippen LogP contribution in [0.25, 0.3) is 0 Å². The van der Waals surface area contributed by atoms with Crippen molar-refractivity contribution in [2.45, 2.75) is 95.5 Å². The van der Waals surface area contributed by atoms with Crippen LogP contribution in [0.15, 0.2) is 77.8 Å². The van der Waals surface area contributed by atoms with Crippen molar-refractivity contribution in [1.29, 1.82) is 0 Å². The first kappa shape index (κ1) is 41.0. The maximum absolute atomic E-state index is 14.6. The maximum Gasteiger partial charge on any atom is 0.407 e. The molecular weight excluding hydrogens is 747 g/mol. The van der Waals surface area contributed by atoms with Gasteiger partial charge in [0.25, 0.3) is 0 Å². The molecule has 1 aliphatic heterocycles. The number of rotatable bonds is 18. The lowest BCUT2D eigenvalue weighted by Crippen LogP contribution is -2.56.